The van der Waals surface area contributed by atoms with Gasteiger partial charge in [0.05, 0.1) is 0 Å². The number of nitrogens with zero attached hydrogens (tertiary/aromatic N) is 2. The van der Waals surface area contributed by atoms with Crippen molar-refractivity contribution in [2.45, 2.75) is 59.6 Å². The standard InChI is InChI=1S/C13H25N3O2/c1-7-17-10(12(2,3)4)11-15-9(18-16-11)8-13(5,6)14/h10H,7-8,14H2,1-6H3. The Labute approximate surface area is 109 Å². The van der Waals surface area contributed by atoms with Gasteiger partial charge in [0.1, 0.15) is 6.10 Å². The Morgan fingerprint density at radius 1 is 1.28 bits per heavy atom. The Balaban J connectivity index is 2.88. The van der Waals surface area contributed by atoms with Crippen molar-refractivity contribution in [3.8, 4) is 0 Å². The van der Waals surface area contributed by atoms with Crippen molar-refractivity contribution in [2.24, 2.45) is 11.1 Å². The van der Waals surface area contributed by atoms with E-state index < -0.39 is 0 Å². The van der Waals surface area contributed by atoms with Crippen LogP contribution in [0, 0.1) is 5.41 Å². The smallest absolute Gasteiger partial charge is 0.228 e. The summed E-state index contributed by atoms with van der Waals surface area (Å²) in [7, 11) is 0. The van der Waals surface area contributed by atoms with E-state index in [4.69, 9.17) is 15.0 Å². The summed E-state index contributed by atoms with van der Waals surface area (Å²) in [5.41, 5.74) is 5.51. The molecule has 5 heteroatoms. The van der Waals surface area contributed by atoms with E-state index in [1.807, 2.05) is 20.8 Å². The van der Waals surface area contributed by atoms with E-state index in [1.165, 1.54) is 0 Å². The third kappa shape index (κ3) is 4.38. The van der Waals surface area contributed by atoms with Gasteiger partial charge in [-0.2, -0.15) is 4.98 Å². The lowest BCUT2D eigenvalue weighted by atomic mass is 9.88. The molecule has 1 rings (SSSR count). The Morgan fingerprint density at radius 2 is 1.89 bits per heavy atom. The van der Waals surface area contributed by atoms with Gasteiger partial charge in [-0.25, -0.2) is 0 Å². The molecule has 1 aromatic rings. The molecular weight excluding hydrogens is 230 g/mol. The molecule has 0 aromatic carbocycles. The van der Waals surface area contributed by atoms with Gasteiger partial charge in [0.15, 0.2) is 0 Å². The van der Waals surface area contributed by atoms with Crippen molar-refractivity contribution in [1.82, 2.24) is 10.1 Å². The molecule has 0 aliphatic rings. The van der Waals surface area contributed by atoms with Crippen LogP contribution in [0.2, 0.25) is 0 Å². The summed E-state index contributed by atoms with van der Waals surface area (Å²) in [5.74, 6) is 1.16. The molecule has 0 fully saturated rings. The normalized spacial score (nSPS) is 14.8. The van der Waals surface area contributed by atoms with Gasteiger partial charge in [0.25, 0.3) is 0 Å². The first-order chi connectivity index (χ1) is 8.13. The second kappa shape index (κ2) is 5.36. The van der Waals surface area contributed by atoms with Crippen molar-refractivity contribution in [2.75, 3.05) is 6.61 Å². The van der Waals surface area contributed by atoms with Gasteiger partial charge in [-0.1, -0.05) is 25.9 Å². The molecule has 5 nitrogen and oxygen atoms in total. The zero-order chi connectivity index (χ0) is 14.0. The second-order valence-electron chi connectivity index (χ2n) is 6.41. The monoisotopic (exact) mass is 255 g/mol. The zero-order valence-corrected chi connectivity index (χ0v) is 12.3. The van der Waals surface area contributed by atoms with Crippen molar-refractivity contribution in [3.05, 3.63) is 11.7 Å². The molecule has 0 bridgehead atoms. The fraction of sp³-hybridized carbons (Fsp3) is 0.846. The first-order valence-corrected chi connectivity index (χ1v) is 6.36. The van der Waals surface area contributed by atoms with Crippen LogP contribution in [-0.4, -0.2) is 22.3 Å². The number of ether oxygens (including phenoxy) is 1. The predicted molar refractivity (Wildman–Crippen MR) is 70.1 cm³/mol. The highest BCUT2D eigenvalue weighted by atomic mass is 16.5. The van der Waals surface area contributed by atoms with Crippen LogP contribution >= 0.6 is 0 Å². The lowest BCUT2D eigenvalue weighted by Crippen LogP contribution is -2.34. The van der Waals surface area contributed by atoms with Gasteiger partial charge in [0, 0.05) is 18.6 Å². The SMILES string of the molecule is CCOC(c1noc(CC(C)(C)N)n1)C(C)(C)C. The van der Waals surface area contributed by atoms with Crippen molar-refractivity contribution in [1.29, 1.82) is 0 Å². The van der Waals surface area contributed by atoms with Crippen LogP contribution in [0.25, 0.3) is 0 Å². The van der Waals surface area contributed by atoms with Gasteiger partial charge in [-0.05, 0) is 26.2 Å². The second-order valence-corrected chi connectivity index (χ2v) is 6.41. The number of hydrogen-bond donors (Lipinski definition) is 1. The van der Waals surface area contributed by atoms with Crippen LogP contribution < -0.4 is 5.73 Å². The van der Waals surface area contributed by atoms with Crippen LogP contribution in [0.3, 0.4) is 0 Å². The molecule has 0 radical (unpaired) electrons. The largest absolute Gasteiger partial charge is 0.370 e. The van der Waals surface area contributed by atoms with E-state index in [0.29, 0.717) is 24.7 Å². The molecule has 1 aromatic heterocycles. The molecule has 2 N–H and O–H groups in total. The van der Waals surface area contributed by atoms with E-state index in [2.05, 4.69) is 30.9 Å². The van der Waals surface area contributed by atoms with E-state index in [0.717, 1.165) is 0 Å². The summed E-state index contributed by atoms with van der Waals surface area (Å²) >= 11 is 0. The highest BCUT2D eigenvalue weighted by Gasteiger charge is 2.31. The van der Waals surface area contributed by atoms with Crippen molar-refractivity contribution in [3.63, 3.8) is 0 Å². The third-order valence-corrected chi connectivity index (χ3v) is 2.45. The molecule has 1 heterocycles. The summed E-state index contributed by atoms with van der Waals surface area (Å²) in [6.45, 7) is 12.7. The summed E-state index contributed by atoms with van der Waals surface area (Å²) in [6, 6.07) is 0. The summed E-state index contributed by atoms with van der Waals surface area (Å²) in [5, 5.41) is 4.02. The molecule has 0 saturated heterocycles. The van der Waals surface area contributed by atoms with Crippen LogP contribution in [0.15, 0.2) is 4.52 Å². The Bertz CT molecular complexity index is 374. The maximum absolute atomic E-state index is 5.94. The van der Waals surface area contributed by atoms with Gasteiger partial charge in [-0.15, -0.1) is 0 Å². The highest BCUT2D eigenvalue weighted by molar-refractivity contribution is 4.98. The minimum atomic E-state index is -0.355. The average molecular weight is 255 g/mol. The fourth-order valence-corrected chi connectivity index (χ4v) is 1.71. The minimum Gasteiger partial charge on any atom is -0.370 e. The topological polar surface area (TPSA) is 74.2 Å². The van der Waals surface area contributed by atoms with Crippen molar-refractivity contribution >= 4 is 0 Å². The Morgan fingerprint density at radius 3 is 2.33 bits per heavy atom. The molecule has 1 unspecified atom stereocenters. The van der Waals surface area contributed by atoms with Crippen molar-refractivity contribution < 1.29 is 9.26 Å². The molecule has 104 valence electrons. The maximum Gasteiger partial charge on any atom is 0.228 e. The van der Waals surface area contributed by atoms with Crippen LogP contribution in [-0.2, 0) is 11.2 Å². The maximum atomic E-state index is 5.94. The lowest BCUT2D eigenvalue weighted by molar-refractivity contribution is -0.0203. The summed E-state index contributed by atoms with van der Waals surface area (Å²) < 4.78 is 11.0. The Hall–Kier alpha value is -0.940. The number of rotatable bonds is 5. The highest BCUT2D eigenvalue weighted by Crippen LogP contribution is 2.34. The Kier molecular flexibility index (Phi) is 4.50. The molecule has 1 atom stereocenters. The molecule has 18 heavy (non-hydrogen) atoms. The quantitative estimate of drug-likeness (QED) is 0.874. The van der Waals surface area contributed by atoms with Gasteiger partial charge in [-0.3, -0.25) is 0 Å². The summed E-state index contributed by atoms with van der Waals surface area (Å²) in [6.07, 6.45) is 0.393. The van der Waals surface area contributed by atoms with E-state index >= 15 is 0 Å². The number of nitrogens with two attached hydrogens (primary N) is 1. The number of hydrogen-bond acceptors (Lipinski definition) is 5. The minimum absolute atomic E-state index is 0.0740. The van der Waals surface area contributed by atoms with Crippen LogP contribution in [0.1, 0.15) is 59.4 Å². The van der Waals surface area contributed by atoms with E-state index in [-0.39, 0.29) is 17.1 Å². The first kappa shape index (κ1) is 15.1. The zero-order valence-electron chi connectivity index (χ0n) is 12.3. The van der Waals surface area contributed by atoms with Gasteiger partial charge in [0.2, 0.25) is 11.7 Å². The molecule has 0 amide bonds. The van der Waals surface area contributed by atoms with E-state index in [9.17, 15) is 0 Å². The predicted octanol–water partition coefficient (Wildman–Crippen LogP) is 2.47. The molecule has 0 saturated carbocycles. The third-order valence-electron chi connectivity index (χ3n) is 2.45. The van der Waals surface area contributed by atoms with Gasteiger partial charge < -0.3 is 15.0 Å². The molecule has 0 aliphatic carbocycles. The fourth-order valence-electron chi connectivity index (χ4n) is 1.71. The van der Waals surface area contributed by atoms with Crippen LogP contribution in [0.4, 0.5) is 0 Å². The van der Waals surface area contributed by atoms with Crippen LogP contribution in [0.5, 0.6) is 0 Å². The van der Waals surface area contributed by atoms with Gasteiger partial charge >= 0.3 is 0 Å². The molecular formula is C13H25N3O2. The van der Waals surface area contributed by atoms with E-state index in [1.54, 1.807) is 0 Å². The summed E-state index contributed by atoms with van der Waals surface area (Å²) in [4.78, 5) is 4.40. The lowest BCUT2D eigenvalue weighted by Gasteiger charge is -2.27. The average Bonchev–Trinajstić information content (AvgIpc) is 2.57. The number of aromatic nitrogens is 2. The molecule has 0 spiro atoms. The molecule has 0 aliphatic heterocycles. The first-order valence-electron chi connectivity index (χ1n) is 6.36.